The molecule has 1 aliphatic rings. The number of hydrogen-bond donors (Lipinski definition) is 0. The van der Waals surface area contributed by atoms with E-state index >= 15 is 0 Å². The van der Waals surface area contributed by atoms with E-state index in [1.807, 2.05) is 0 Å². The zero-order valence-corrected chi connectivity index (χ0v) is 9.85. The van der Waals surface area contributed by atoms with E-state index in [-0.39, 0.29) is 0 Å². The maximum atomic E-state index is 13.0. The Morgan fingerprint density at radius 3 is 1.09 bits per heavy atom. The highest BCUT2D eigenvalue weighted by Gasteiger charge is 2.88. The third-order valence-corrected chi connectivity index (χ3v) is 2.75. The molecule has 0 unspecified atom stereocenters. The Bertz CT molecular complexity index is 458. The van der Waals surface area contributed by atoms with Crippen LogP contribution in [0.2, 0.25) is 0 Å². The Morgan fingerprint density at radius 1 is 0.435 bits per heavy atom. The highest BCUT2D eigenvalue weighted by molar-refractivity contribution is 5.13. The second kappa shape index (κ2) is 4.75. The number of hydrogen-bond acceptors (Lipinski definition) is 1. The molecule has 0 radical (unpaired) electrons. The van der Waals surface area contributed by atoms with Gasteiger partial charge in [0.25, 0.3) is 0 Å². The monoisotopic (exact) mass is 380 g/mol. The minimum atomic E-state index is -7.41. The van der Waals surface area contributed by atoms with Crippen molar-refractivity contribution in [1.82, 2.24) is 0 Å². The van der Waals surface area contributed by atoms with Gasteiger partial charge in [-0.3, -0.25) is 0 Å². The first-order valence-corrected chi connectivity index (χ1v) is 5.03. The molecule has 15 heteroatoms. The van der Waals surface area contributed by atoms with E-state index in [0.717, 1.165) is 0 Å². The molecular formula is C8H2F14O. The molecule has 0 amide bonds. The van der Waals surface area contributed by atoms with Crippen molar-refractivity contribution in [1.29, 1.82) is 0 Å². The van der Waals surface area contributed by atoms with Crippen LogP contribution in [0, 0.1) is 0 Å². The van der Waals surface area contributed by atoms with Crippen molar-refractivity contribution in [2.24, 2.45) is 0 Å². The minimum absolute atomic E-state index is 2.97. The second-order valence-electron chi connectivity index (χ2n) is 4.37. The van der Waals surface area contributed by atoms with Gasteiger partial charge in [0.2, 0.25) is 0 Å². The standard InChI is InChI=1S/C8H2F14O/c9-3(10,5(13,14)6(15,16)8(20,21)22)1-2(23-1)4(11,12)7(17,18)19/h1-2H/t1-,2-/m1/s1. The largest absolute Gasteiger partial charge is 0.460 e. The number of ether oxygens (including phenoxy) is 1. The molecule has 0 aromatic rings. The van der Waals surface area contributed by atoms with Crippen LogP contribution in [0.3, 0.4) is 0 Å². The van der Waals surface area contributed by atoms with E-state index in [9.17, 15) is 61.5 Å². The van der Waals surface area contributed by atoms with Gasteiger partial charge in [0.1, 0.15) is 0 Å². The molecule has 0 aliphatic carbocycles. The molecule has 0 N–H and O–H groups in total. The summed E-state index contributed by atoms with van der Waals surface area (Å²) in [5.41, 5.74) is 0. The predicted molar refractivity (Wildman–Crippen MR) is 40.6 cm³/mol. The fourth-order valence-electron chi connectivity index (χ4n) is 1.39. The molecule has 1 heterocycles. The Balaban J connectivity index is 3.15. The van der Waals surface area contributed by atoms with Crippen molar-refractivity contribution in [2.75, 3.05) is 0 Å². The van der Waals surface area contributed by atoms with Crippen molar-refractivity contribution in [3.63, 3.8) is 0 Å². The average Bonchev–Trinajstić information content (AvgIpc) is 3.05. The fraction of sp³-hybridized carbons (Fsp3) is 1.00. The fourth-order valence-corrected chi connectivity index (χ4v) is 1.39. The molecule has 1 aliphatic heterocycles. The van der Waals surface area contributed by atoms with E-state index in [0.29, 0.717) is 0 Å². The van der Waals surface area contributed by atoms with Gasteiger partial charge in [-0.25, -0.2) is 0 Å². The Morgan fingerprint density at radius 2 is 0.783 bits per heavy atom. The number of epoxide rings is 1. The molecule has 1 rings (SSSR count). The van der Waals surface area contributed by atoms with Crippen molar-refractivity contribution >= 4 is 0 Å². The Kier molecular flexibility index (Phi) is 4.14. The van der Waals surface area contributed by atoms with Crippen LogP contribution in [0.1, 0.15) is 0 Å². The second-order valence-corrected chi connectivity index (χ2v) is 4.37. The first kappa shape index (κ1) is 20.0. The van der Waals surface area contributed by atoms with Gasteiger partial charge in [-0.1, -0.05) is 0 Å². The lowest BCUT2D eigenvalue weighted by Gasteiger charge is -2.33. The van der Waals surface area contributed by atoms with E-state index in [2.05, 4.69) is 4.74 Å². The normalized spacial score (nSPS) is 24.8. The van der Waals surface area contributed by atoms with Crippen LogP contribution in [0.4, 0.5) is 61.5 Å². The summed E-state index contributed by atoms with van der Waals surface area (Å²) in [6, 6.07) is 0. The molecule has 0 aromatic heterocycles. The molecule has 1 saturated heterocycles. The van der Waals surface area contributed by atoms with E-state index in [4.69, 9.17) is 0 Å². The average molecular weight is 380 g/mol. The quantitative estimate of drug-likeness (QED) is 0.520. The Labute approximate surface area is 116 Å². The van der Waals surface area contributed by atoms with Crippen LogP contribution in [-0.2, 0) is 4.74 Å². The van der Waals surface area contributed by atoms with Crippen molar-refractivity contribution in [3.05, 3.63) is 0 Å². The molecule has 0 bridgehead atoms. The molecule has 1 nitrogen and oxygen atoms in total. The van der Waals surface area contributed by atoms with Gasteiger partial charge in [0, 0.05) is 0 Å². The van der Waals surface area contributed by atoms with E-state index < -0.39 is 48.3 Å². The van der Waals surface area contributed by atoms with Gasteiger partial charge in [-0.05, 0) is 0 Å². The summed E-state index contributed by atoms with van der Waals surface area (Å²) in [5.74, 6) is -27.6. The van der Waals surface area contributed by atoms with Gasteiger partial charge in [-0.15, -0.1) is 0 Å². The summed E-state index contributed by atoms with van der Waals surface area (Å²) in [4.78, 5) is 0. The van der Waals surface area contributed by atoms with Crippen LogP contribution < -0.4 is 0 Å². The summed E-state index contributed by atoms with van der Waals surface area (Å²) in [5, 5.41) is 0. The van der Waals surface area contributed by atoms with Crippen LogP contribution >= 0.6 is 0 Å². The number of halogens is 14. The highest BCUT2D eigenvalue weighted by atomic mass is 19.4. The molecular weight excluding hydrogens is 378 g/mol. The van der Waals surface area contributed by atoms with Crippen LogP contribution in [-0.4, -0.2) is 48.3 Å². The molecule has 0 saturated carbocycles. The van der Waals surface area contributed by atoms with Crippen LogP contribution in [0.25, 0.3) is 0 Å². The number of rotatable bonds is 4. The number of alkyl halides is 14. The summed E-state index contributed by atoms with van der Waals surface area (Å²) < 4.78 is 175. The molecule has 1 fully saturated rings. The lowest BCUT2D eigenvalue weighted by Crippen LogP contribution is -2.63. The van der Waals surface area contributed by atoms with Gasteiger partial charge in [0.15, 0.2) is 12.2 Å². The highest BCUT2D eigenvalue weighted by Crippen LogP contribution is 2.60. The lowest BCUT2D eigenvalue weighted by molar-refractivity contribution is -0.398. The van der Waals surface area contributed by atoms with Crippen LogP contribution in [0.5, 0.6) is 0 Å². The lowest BCUT2D eigenvalue weighted by atomic mass is 9.97. The first-order chi connectivity index (χ1) is 9.73. The first-order valence-electron chi connectivity index (χ1n) is 5.03. The van der Waals surface area contributed by atoms with Gasteiger partial charge < -0.3 is 4.74 Å². The molecule has 0 spiro atoms. The molecule has 138 valence electrons. The smallest absolute Gasteiger partial charge is 0.356 e. The van der Waals surface area contributed by atoms with Crippen molar-refractivity contribution < 1.29 is 66.2 Å². The summed E-state index contributed by atoms with van der Waals surface area (Å²) in [7, 11) is 0. The molecule has 0 aromatic carbocycles. The minimum Gasteiger partial charge on any atom is -0.356 e. The zero-order chi connectivity index (χ0) is 18.9. The maximum Gasteiger partial charge on any atom is 0.460 e. The van der Waals surface area contributed by atoms with Gasteiger partial charge >= 0.3 is 36.0 Å². The molecule has 23 heavy (non-hydrogen) atoms. The summed E-state index contributed by atoms with van der Waals surface area (Å²) >= 11 is 0. The van der Waals surface area contributed by atoms with Crippen LogP contribution in [0.15, 0.2) is 0 Å². The predicted octanol–water partition coefficient (Wildman–Crippen LogP) is 4.42. The van der Waals surface area contributed by atoms with E-state index in [1.165, 1.54) is 0 Å². The summed E-state index contributed by atoms with van der Waals surface area (Å²) in [6.07, 6.45) is -22.0. The van der Waals surface area contributed by atoms with Gasteiger partial charge in [0.05, 0.1) is 0 Å². The zero-order valence-electron chi connectivity index (χ0n) is 9.85. The SMILES string of the molecule is FC(F)(F)C(F)(F)[C@@H]1O[C@H]1C(F)(F)C(F)(F)C(F)(F)C(F)(F)F. The maximum absolute atomic E-state index is 13.0. The summed E-state index contributed by atoms with van der Waals surface area (Å²) in [6.45, 7) is 0. The third-order valence-electron chi connectivity index (χ3n) is 2.75. The van der Waals surface area contributed by atoms with Crippen molar-refractivity contribution in [2.45, 2.75) is 48.3 Å². The van der Waals surface area contributed by atoms with E-state index in [1.54, 1.807) is 0 Å². The molecule has 2 atom stereocenters. The third kappa shape index (κ3) is 2.69. The van der Waals surface area contributed by atoms with Crippen molar-refractivity contribution in [3.8, 4) is 0 Å². The Hall–Kier alpha value is -1.02. The topological polar surface area (TPSA) is 12.5 Å². The van der Waals surface area contributed by atoms with Gasteiger partial charge in [-0.2, -0.15) is 61.5 Å².